The van der Waals surface area contributed by atoms with Crippen LogP contribution >= 0.6 is 0 Å². The molecule has 0 radical (unpaired) electrons. The molecule has 0 bridgehead atoms. The molecule has 0 atom stereocenters. The lowest BCUT2D eigenvalue weighted by Crippen LogP contribution is -2.12. The molecule has 0 aromatic heterocycles. The Kier molecular flexibility index (Phi) is 3.82. The number of aliphatic hydroxyl groups excluding tert-OH is 1. The van der Waals surface area contributed by atoms with Crippen molar-refractivity contribution in [1.82, 2.24) is 0 Å². The van der Waals surface area contributed by atoms with Gasteiger partial charge in [-0.3, -0.25) is 5.41 Å². The third-order valence-electron chi connectivity index (χ3n) is 2.83. The van der Waals surface area contributed by atoms with Gasteiger partial charge in [0, 0.05) is 0 Å². The maximum absolute atomic E-state index is 8.99. The highest BCUT2D eigenvalue weighted by molar-refractivity contribution is 5.98. The number of para-hydroxylation sites is 1. The van der Waals surface area contributed by atoms with E-state index in [1.165, 1.54) is 0 Å². The van der Waals surface area contributed by atoms with Crippen molar-refractivity contribution in [2.45, 2.75) is 13.5 Å². The van der Waals surface area contributed by atoms with Gasteiger partial charge in [0.2, 0.25) is 0 Å². The van der Waals surface area contributed by atoms with Crippen LogP contribution in [0.25, 0.3) is 0 Å². The lowest BCUT2D eigenvalue weighted by Gasteiger charge is -2.13. The summed E-state index contributed by atoms with van der Waals surface area (Å²) >= 11 is 0. The number of aliphatic hydroxyl groups is 1. The number of aryl methyl sites for hydroxylation is 1. The lowest BCUT2D eigenvalue weighted by molar-refractivity contribution is 0.281. The van der Waals surface area contributed by atoms with Crippen LogP contribution in [0.15, 0.2) is 42.5 Å². The number of hydrogen-bond donors (Lipinski definition) is 3. The number of hydrogen-bond acceptors (Lipinski definition) is 3. The van der Waals surface area contributed by atoms with Crippen molar-refractivity contribution < 1.29 is 9.84 Å². The van der Waals surface area contributed by atoms with Crippen LogP contribution in [0.5, 0.6) is 11.5 Å². The zero-order valence-electron chi connectivity index (χ0n) is 10.7. The Hall–Kier alpha value is -2.33. The van der Waals surface area contributed by atoms with E-state index in [1.54, 1.807) is 30.3 Å². The highest BCUT2D eigenvalue weighted by Crippen LogP contribution is 2.28. The summed E-state index contributed by atoms with van der Waals surface area (Å²) in [4.78, 5) is 0. The van der Waals surface area contributed by atoms with Gasteiger partial charge in [-0.25, -0.2) is 0 Å². The summed E-state index contributed by atoms with van der Waals surface area (Å²) in [6.07, 6.45) is 0. The first-order valence-electron chi connectivity index (χ1n) is 5.93. The zero-order valence-corrected chi connectivity index (χ0v) is 10.7. The van der Waals surface area contributed by atoms with E-state index in [-0.39, 0.29) is 12.4 Å². The molecular weight excluding hydrogens is 240 g/mol. The maximum atomic E-state index is 8.99. The number of benzene rings is 2. The Morgan fingerprint density at radius 1 is 1.21 bits per heavy atom. The summed E-state index contributed by atoms with van der Waals surface area (Å²) in [5.41, 5.74) is 7.87. The smallest absolute Gasteiger partial charge is 0.141 e. The molecule has 0 saturated carbocycles. The third kappa shape index (κ3) is 2.92. The van der Waals surface area contributed by atoms with Crippen LogP contribution in [-0.4, -0.2) is 10.9 Å². The van der Waals surface area contributed by atoms with Gasteiger partial charge in [0.15, 0.2) is 0 Å². The van der Waals surface area contributed by atoms with E-state index in [0.717, 1.165) is 11.1 Å². The molecule has 2 aromatic rings. The molecule has 98 valence electrons. The van der Waals surface area contributed by atoms with Crippen molar-refractivity contribution >= 4 is 5.84 Å². The minimum Gasteiger partial charge on any atom is -0.456 e. The van der Waals surface area contributed by atoms with Gasteiger partial charge in [-0.1, -0.05) is 24.3 Å². The minimum absolute atomic E-state index is 0.00331. The van der Waals surface area contributed by atoms with Crippen molar-refractivity contribution in [2.75, 3.05) is 0 Å². The van der Waals surface area contributed by atoms with Crippen LogP contribution in [0.2, 0.25) is 0 Å². The molecule has 19 heavy (non-hydrogen) atoms. The van der Waals surface area contributed by atoms with Crippen molar-refractivity contribution in [3.8, 4) is 11.5 Å². The molecule has 0 aliphatic carbocycles. The highest BCUT2D eigenvalue weighted by Gasteiger charge is 2.10. The molecule has 0 unspecified atom stereocenters. The van der Waals surface area contributed by atoms with E-state index in [9.17, 15) is 0 Å². The largest absolute Gasteiger partial charge is 0.456 e. The minimum atomic E-state index is -0.0225. The van der Waals surface area contributed by atoms with Crippen LogP contribution in [0.1, 0.15) is 16.7 Å². The summed E-state index contributed by atoms with van der Waals surface area (Å²) in [6, 6.07) is 12.6. The highest BCUT2D eigenvalue weighted by atomic mass is 16.5. The fraction of sp³-hybridized carbons (Fsp3) is 0.133. The van der Waals surface area contributed by atoms with E-state index < -0.39 is 0 Å². The molecular formula is C15H16N2O2. The van der Waals surface area contributed by atoms with Crippen molar-refractivity contribution in [3.05, 3.63) is 59.2 Å². The van der Waals surface area contributed by atoms with E-state index >= 15 is 0 Å². The average Bonchev–Trinajstić information content (AvgIpc) is 2.41. The second kappa shape index (κ2) is 5.54. The third-order valence-corrected chi connectivity index (χ3v) is 2.83. The topological polar surface area (TPSA) is 79.3 Å². The summed E-state index contributed by atoms with van der Waals surface area (Å²) < 4.78 is 5.80. The van der Waals surface area contributed by atoms with E-state index in [2.05, 4.69) is 0 Å². The van der Waals surface area contributed by atoms with Crippen LogP contribution in [0, 0.1) is 12.3 Å². The molecule has 4 heteroatoms. The second-order valence-electron chi connectivity index (χ2n) is 4.27. The van der Waals surface area contributed by atoms with Gasteiger partial charge in [0.05, 0.1) is 12.2 Å². The summed E-state index contributed by atoms with van der Waals surface area (Å²) in [6.45, 7) is 1.91. The zero-order chi connectivity index (χ0) is 13.8. The van der Waals surface area contributed by atoms with Gasteiger partial charge < -0.3 is 15.6 Å². The van der Waals surface area contributed by atoms with Gasteiger partial charge in [-0.2, -0.15) is 0 Å². The molecule has 0 aliphatic rings. The number of nitrogens with two attached hydrogens (primary N) is 1. The van der Waals surface area contributed by atoms with Gasteiger partial charge >= 0.3 is 0 Å². The SMILES string of the molecule is Cc1cccc(C(=N)N)c1Oc1ccc(CO)cc1. The second-order valence-corrected chi connectivity index (χ2v) is 4.27. The molecule has 0 saturated heterocycles. The first-order chi connectivity index (χ1) is 9.11. The number of nitrogens with one attached hydrogen (secondary N) is 1. The Morgan fingerprint density at radius 3 is 2.47 bits per heavy atom. The Morgan fingerprint density at radius 2 is 1.89 bits per heavy atom. The van der Waals surface area contributed by atoms with Gasteiger partial charge in [0.1, 0.15) is 17.3 Å². The predicted molar refractivity (Wildman–Crippen MR) is 74.6 cm³/mol. The van der Waals surface area contributed by atoms with Crippen LogP contribution in [-0.2, 0) is 6.61 Å². The summed E-state index contributed by atoms with van der Waals surface area (Å²) in [7, 11) is 0. The average molecular weight is 256 g/mol. The normalized spacial score (nSPS) is 10.2. The van der Waals surface area contributed by atoms with Gasteiger partial charge in [0.25, 0.3) is 0 Å². The van der Waals surface area contributed by atoms with Crippen molar-refractivity contribution in [3.63, 3.8) is 0 Å². The fourth-order valence-electron chi connectivity index (χ4n) is 1.78. The quantitative estimate of drug-likeness (QED) is 0.581. The molecule has 0 aliphatic heterocycles. The number of ether oxygens (including phenoxy) is 1. The Balaban J connectivity index is 2.34. The molecule has 4 nitrogen and oxygen atoms in total. The van der Waals surface area contributed by atoms with E-state index in [0.29, 0.717) is 17.1 Å². The van der Waals surface area contributed by atoms with Crippen molar-refractivity contribution in [2.24, 2.45) is 5.73 Å². The Bertz CT molecular complexity index is 592. The first kappa shape index (κ1) is 13.1. The summed E-state index contributed by atoms with van der Waals surface area (Å²) in [5, 5.41) is 16.6. The first-order valence-corrected chi connectivity index (χ1v) is 5.93. The Labute approximate surface area is 112 Å². The monoisotopic (exact) mass is 256 g/mol. The molecule has 0 fully saturated rings. The molecule has 2 rings (SSSR count). The van der Waals surface area contributed by atoms with Crippen LogP contribution < -0.4 is 10.5 Å². The molecule has 0 amide bonds. The predicted octanol–water partition coefficient (Wildman–Crippen LogP) is 2.56. The standard InChI is InChI=1S/C15H16N2O2/c1-10-3-2-4-13(15(16)17)14(10)19-12-7-5-11(9-18)6-8-12/h2-8,18H,9H2,1H3,(H3,16,17). The number of rotatable bonds is 4. The maximum Gasteiger partial charge on any atom is 0.141 e. The molecule has 4 N–H and O–H groups in total. The fourth-order valence-corrected chi connectivity index (χ4v) is 1.78. The van der Waals surface area contributed by atoms with Crippen LogP contribution in [0.4, 0.5) is 0 Å². The van der Waals surface area contributed by atoms with Crippen molar-refractivity contribution in [1.29, 1.82) is 5.41 Å². The number of nitrogen functional groups attached to an aromatic ring is 1. The molecule has 0 spiro atoms. The van der Waals surface area contributed by atoms with Gasteiger partial charge in [-0.05, 0) is 36.2 Å². The number of amidine groups is 1. The van der Waals surface area contributed by atoms with E-state index in [4.69, 9.17) is 21.0 Å². The van der Waals surface area contributed by atoms with E-state index in [1.807, 2.05) is 19.1 Å². The molecule has 0 heterocycles. The lowest BCUT2D eigenvalue weighted by atomic mass is 10.1. The van der Waals surface area contributed by atoms with Gasteiger partial charge in [-0.15, -0.1) is 0 Å². The molecule has 2 aromatic carbocycles. The van der Waals surface area contributed by atoms with Crippen LogP contribution in [0.3, 0.4) is 0 Å². The summed E-state index contributed by atoms with van der Waals surface area (Å²) in [5.74, 6) is 1.21.